The van der Waals surface area contributed by atoms with Gasteiger partial charge in [-0.1, -0.05) is 36.4 Å². The maximum absolute atomic E-state index is 12.4. The van der Waals surface area contributed by atoms with Gasteiger partial charge in [0.2, 0.25) is 0 Å². The van der Waals surface area contributed by atoms with Crippen LogP contribution in [0.1, 0.15) is 21.5 Å². The fourth-order valence-corrected chi connectivity index (χ4v) is 2.81. The van der Waals surface area contributed by atoms with Gasteiger partial charge < -0.3 is 20.7 Å². The van der Waals surface area contributed by atoms with Crippen LogP contribution < -0.4 is 20.7 Å². The number of carbonyl (C=O) groups excluding carboxylic acids is 2. The molecule has 0 radical (unpaired) electrons. The van der Waals surface area contributed by atoms with Crippen LogP contribution in [0.3, 0.4) is 0 Å². The molecule has 0 atom stereocenters. The van der Waals surface area contributed by atoms with Crippen molar-refractivity contribution >= 4 is 23.3 Å². The summed E-state index contributed by atoms with van der Waals surface area (Å²) in [5, 5.41) is 8.41. The molecular weight excluding hydrogens is 366 g/mol. The predicted octanol–water partition coefficient (Wildman–Crippen LogP) is 4.58. The number of rotatable bonds is 6. The lowest BCUT2D eigenvalue weighted by atomic mass is 10.1. The summed E-state index contributed by atoms with van der Waals surface area (Å²) in [4.78, 5) is 24.6. The highest BCUT2D eigenvalue weighted by atomic mass is 16.5. The minimum atomic E-state index is -0.306. The first-order valence-corrected chi connectivity index (χ1v) is 9.20. The van der Waals surface area contributed by atoms with Crippen molar-refractivity contribution < 1.29 is 14.3 Å². The Balaban J connectivity index is 1.56. The van der Waals surface area contributed by atoms with Crippen LogP contribution in [0.5, 0.6) is 5.75 Å². The number of hydrogen-bond donors (Lipinski definition) is 3. The highest BCUT2D eigenvalue weighted by molar-refractivity contribution is 6.05. The Bertz CT molecular complexity index is 1000. The number of ether oxygens (including phenoxy) is 1. The van der Waals surface area contributed by atoms with E-state index in [0.717, 1.165) is 11.1 Å². The number of nitrogens with one attached hydrogen (secondary N) is 3. The summed E-state index contributed by atoms with van der Waals surface area (Å²) in [6.45, 7) is 2.45. The molecule has 6 nitrogen and oxygen atoms in total. The van der Waals surface area contributed by atoms with Crippen molar-refractivity contribution in [3.8, 4) is 5.75 Å². The van der Waals surface area contributed by atoms with E-state index in [1.54, 1.807) is 43.5 Å². The molecule has 0 spiro atoms. The Morgan fingerprint density at radius 3 is 2.28 bits per heavy atom. The third-order valence-electron chi connectivity index (χ3n) is 4.46. The first-order valence-electron chi connectivity index (χ1n) is 9.20. The quantitative estimate of drug-likeness (QED) is 0.577. The van der Waals surface area contributed by atoms with Gasteiger partial charge in [0.15, 0.2) is 0 Å². The molecule has 0 fully saturated rings. The first-order chi connectivity index (χ1) is 14.1. The molecule has 6 heteroatoms. The zero-order valence-electron chi connectivity index (χ0n) is 16.4. The van der Waals surface area contributed by atoms with E-state index in [9.17, 15) is 9.59 Å². The Hall–Kier alpha value is -3.80. The van der Waals surface area contributed by atoms with Gasteiger partial charge in [-0.05, 0) is 54.4 Å². The Morgan fingerprint density at radius 2 is 1.55 bits per heavy atom. The van der Waals surface area contributed by atoms with Crippen LogP contribution in [0.15, 0.2) is 72.8 Å². The Kier molecular flexibility index (Phi) is 6.47. The molecule has 0 saturated carbocycles. The van der Waals surface area contributed by atoms with Gasteiger partial charge in [0, 0.05) is 17.8 Å². The van der Waals surface area contributed by atoms with Crippen molar-refractivity contribution in [2.75, 3.05) is 17.7 Å². The lowest BCUT2D eigenvalue weighted by Crippen LogP contribution is -2.28. The molecule has 0 aliphatic carbocycles. The molecule has 0 heterocycles. The van der Waals surface area contributed by atoms with Crippen LogP contribution in [-0.4, -0.2) is 19.0 Å². The lowest BCUT2D eigenvalue weighted by molar-refractivity contribution is 0.102. The number of hydrogen-bond acceptors (Lipinski definition) is 3. The minimum Gasteiger partial charge on any atom is -0.495 e. The number of anilines is 2. The third-order valence-corrected chi connectivity index (χ3v) is 4.46. The van der Waals surface area contributed by atoms with E-state index in [4.69, 9.17) is 4.74 Å². The molecule has 3 aromatic rings. The smallest absolute Gasteiger partial charge is 0.319 e. The zero-order chi connectivity index (χ0) is 20.6. The highest BCUT2D eigenvalue weighted by Gasteiger charge is 2.10. The number of benzene rings is 3. The molecule has 3 amide bonds. The first kappa shape index (κ1) is 19.9. The van der Waals surface area contributed by atoms with Gasteiger partial charge in [0.25, 0.3) is 5.91 Å². The average molecular weight is 389 g/mol. The van der Waals surface area contributed by atoms with Crippen molar-refractivity contribution in [1.82, 2.24) is 5.32 Å². The van der Waals surface area contributed by atoms with E-state index in [-0.39, 0.29) is 11.9 Å². The number of amides is 3. The van der Waals surface area contributed by atoms with E-state index >= 15 is 0 Å². The van der Waals surface area contributed by atoms with Crippen LogP contribution in [0.4, 0.5) is 16.2 Å². The van der Waals surface area contributed by atoms with E-state index in [2.05, 4.69) is 16.0 Å². The molecule has 0 aliphatic rings. The summed E-state index contributed by atoms with van der Waals surface area (Å²) in [5.41, 5.74) is 3.85. The number of aryl methyl sites for hydroxylation is 1. The Labute approximate surface area is 169 Å². The monoisotopic (exact) mass is 389 g/mol. The molecule has 0 saturated heterocycles. The van der Waals surface area contributed by atoms with Gasteiger partial charge in [-0.3, -0.25) is 4.79 Å². The van der Waals surface area contributed by atoms with Gasteiger partial charge in [-0.15, -0.1) is 0 Å². The zero-order valence-corrected chi connectivity index (χ0v) is 16.4. The summed E-state index contributed by atoms with van der Waals surface area (Å²) in [7, 11) is 1.55. The number of methoxy groups -OCH3 is 1. The largest absolute Gasteiger partial charge is 0.495 e. The summed E-state index contributed by atoms with van der Waals surface area (Å²) in [6, 6.07) is 21.5. The normalized spacial score (nSPS) is 10.1. The lowest BCUT2D eigenvalue weighted by Gasteiger charge is -2.11. The maximum atomic E-state index is 12.4. The molecule has 0 aliphatic heterocycles. The van der Waals surface area contributed by atoms with Crippen LogP contribution >= 0.6 is 0 Å². The van der Waals surface area contributed by atoms with Gasteiger partial charge in [-0.25, -0.2) is 4.79 Å². The molecule has 3 N–H and O–H groups in total. The second-order valence-electron chi connectivity index (χ2n) is 6.47. The van der Waals surface area contributed by atoms with Gasteiger partial charge >= 0.3 is 6.03 Å². The van der Waals surface area contributed by atoms with Gasteiger partial charge in [0.05, 0.1) is 12.8 Å². The Morgan fingerprint density at radius 1 is 0.862 bits per heavy atom. The molecule has 29 heavy (non-hydrogen) atoms. The fraction of sp³-hybridized carbons (Fsp3) is 0.130. The molecule has 0 unspecified atom stereocenters. The van der Waals surface area contributed by atoms with Crippen LogP contribution in [0, 0.1) is 6.92 Å². The van der Waals surface area contributed by atoms with Crippen molar-refractivity contribution in [3.63, 3.8) is 0 Å². The van der Waals surface area contributed by atoms with Gasteiger partial charge in [0.1, 0.15) is 5.75 Å². The molecule has 148 valence electrons. The van der Waals surface area contributed by atoms with E-state index in [1.807, 2.05) is 43.3 Å². The summed E-state index contributed by atoms with van der Waals surface area (Å²) in [6.07, 6.45) is 0. The van der Waals surface area contributed by atoms with Crippen LogP contribution in [0.25, 0.3) is 0 Å². The van der Waals surface area contributed by atoms with E-state index in [1.165, 1.54) is 0 Å². The summed E-state index contributed by atoms with van der Waals surface area (Å²) >= 11 is 0. The van der Waals surface area contributed by atoms with Crippen molar-refractivity contribution in [2.24, 2.45) is 0 Å². The van der Waals surface area contributed by atoms with E-state index in [0.29, 0.717) is 29.2 Å². The third kappa shape index (κ3) is 5.35. The second kappa shape index (κ2) is 9.41. The van der Waals surface area contributed by atoms with Crippen LogP contribution in [0.2, 0.25) is 0 Å². The molecule has 0 aromatic heterocycles. The maximum Gasteiger partial charge on any atom is 0.319 e. The highest BCUT2D eigenvalue weighted by Crippen LogP contribution is 2.23. The van der Waals surface area contributed by atoms with Crippen molar-refractivity contribution in [3.05, 3.63) is 89.5 Å². The summed E-state index contributed by atoms with van der Waals surface area (Å²) in [5.74, 6) is 0.328. The average Bonchev–Trinajstić information content (AvgIpc) is 2.74. The second-order valence-corrected chi connectivity index (χ2v) is 6.47. The predicted molar refractivity (Wildman–Crippen MR) is 114 cm³/mol. The fourth-order valence-electron chi connectivity index (χ4n) is 2.81. The summed E-state index contributed by atoms with van der Waals surface area (Å²) < 4.78 is 5.24. The van der Waals surface area contributed by atoms with Crippen molar-refractivity contribution in [2.45, 2.75) is 13.5 Å². The number of para-hydroxylation sites is 2. The van der Waals surface area contributed by atoms with Gasteiger partial charge in [-0.2, -0.15) is 0 Å². The molecular formula is C23H23N3O3. The minimum absolute atomic E-state index is 0.259. The molecule has 3 rings (SSSR count). The number of carbonyl (C=O) groups is 2. The van der Waals surface area contributed by atoms with Crippen LogP contribution in [-0.2, 0) is 6.54 Å². The standard InChI is InChI=1S/C23H23N3O3/c1-16-7-3-4-8-18(16)15-24-23(28)25-19-13-11-17(12-14-19)22(27)26-20-9-5-6-10-21(20)29-2/h3-14H,15H2,1-2H3,(H,26,27)(H2,24,25,28). The number of urea groups is 1. The molecule has 0 bridgehead atoms. The molecule has 3 aromatic carbocycles. The SMILES string of the molecule is COc1ccccc1NC(=O)c1ccc(NC(=O)NCc2ccccc2C)cc1. The topological polar surface area (TPSA) is 79.5 Å². The van der Waals surface area contributed by atoms with Crippen molar-refractivity contribution in [1.29, 1.82) is 0 Å². The van der Waals surface area contributed by atoms with E-state index < -0.39 is 0 Å².